The second-order valence-corrected chi connectivity index (χ2v) is 5.36. The van der Waals surface area contributed by atoms with Crippen molar-refractivity contribution in [2.24, 2.45) is 0 Å². The Morgan fingerprint density at radius 2 is 2.05 bits per heavy atom. The molecule has 0 aliphatic carbocycles. The van der Waals surface area contributed by atoms with Gasteiger partial charge in [0.05, 0.1) is 22.7 Å². The van der Waals surface area contributed by atoms with E-state index in [9.17, 15) is 0 Å². The van der Waals surface area contributed by atoms with E-state index in [1.54, 1.807) is 6.07 Å². The molecule has 0 atom stereocenters. The molecule has 0 saturated heterocycles. The number of H-pyrrole nitrogens is 1. The molecule has 0 spiro atoms. The summed E-state index contributed by atoms with van der Waals surface area (Å²) in [6.45, 7) is 2.05. The van der Waals surface area contributed by atoms with E-state index in [1.165, 1.54) is 5.56 Å². The first kappa shape index (κ1) is 11.9. The Balaban J connectivity index is 2.18. The number of fused-ring (bicyclic) bond motifs is 1. The molecule has 1 aromatic heterocycles. The number of halogens is 1. The van der Waals surface area contributed by atoms with Gasteiger partial charge >= 0.3 is 0 Å². The van der Waals surface area contributed by atoms with Crippen molar-refractivity contribution in [3.05, 3.63) is 52.0 Å². The smallest absolute Gasteiger partial charge is 0.138 e. The molecule has 0 unspecified atom stereocenters. The first-order valence-corrected chi connectivity index (χ1v) is 6.62. The number of nitrogens with zero attached hydrogens (tertiary/aromatic N) is 2. The monoisotopic (exact) mass is 311 g/mol. The van der Waals surface area contributed by atoms with Gasteiger partial charge in [0, 0.05) is 10.0 Å². The highest BCUT2D eigenvalue weighted by Gasteiger charge is 2.07. The van der Waals surface area contributed by atoms with Gasteiger partial charge in [0.2, 0.25) is 0 Å². The predicted octanol–water partition coefficient (Wildman–Crippen LogP) is 4.17. The summed E-state index contributed by atoms with van der Waals surface area (Å²) < 4.78 is 1.03. The van der Waals surface area contributed by atoms with E-state index in [-0.39, 0.29) is 0 Å². The minimum atomic E-state index is 0.633. The summed E-state index contributed by atoms with van der Waals surface area (Å²) >= 11 is 3.49. The number of hydrogen-bond donors (Lipinski definition) is 1. The van der Waals surface area contributed by atoms with Crippen LogP contribution in [0.1, 0.15) is 11.1 Å². The third kappa shape index (κ3) is 2.25. The minimum Gasteiger partial charge on any atom is -0.338 e. The molecule has 0 aliphatic heterocycles. The number of rotatable bonds is 1. The van der Waals surface area contributed by atoms with Gasteiger partial charge in [0.25, 0.3) is 0 Å². The van der Waals surface area contributed by atoms with Crippen LogP contribution in [0.4, 0.5) is 0 Å². The first-order valence-electron chi connectivity index (χ1n) is 5.83. The molecule has 1 N–H and O–H groups in total. The topological polar surface area (TPSA) is 52.5 Å². The molecule has 4 heteroatoms. The summed E-state index contributed by atoms with van der Waals surface area (Å²) in [5.41, 5.74) is 4.58. The molecule has 19 heavy (non-hydrogen) atoms. The Bertz CT molecular complexity index is 792. The number of hydrogen-bond acceptors (Lipinski definition) is 2. The molecule has 92 valence electrons. The van der Waals surface area contributed by atoms with Crippen LogP contribution in [0.5, 0.6) is 0 Å². The Hall–Kier alpha value is -2.12. The molecule has 2 aromatic carbocycles. The van der Waals surface area contributed by atoms with E-state index in [0.717, 1.165) is 26.9 Å². The van der Waals surface area contributed by atoms with Gasteiger partial charge in [-0.25, -0.2) is 4.98 Å². The SMILES string of the molecule is Cc1cc(Br)cc(-c2nc3ccc(C#N)cc3[nH]2)c1. The maximum Gasteiger partial charge on any atom is 0.138 e. The maximum atomic E-state index is 8.90. The molecule has 0 fully saturated rings. The summed E-state index contributed by atoms with van der Waals surface area (Å²) in [6.07, 6.45) is 0. The van der Waals surface area contributed by atoms with Gasteiger partial charge < -0.3 is 4.98 Å². The number of benzene rings is 2. The normalized spacial score (nSPS) is 10.6. The molecule has 0 aliphatic rings. The van der Waals surface area contributed by atoms with Crippen molar-refractivity contribution in [3.8, 4) is 17.5 Å². The van der Waals surface area contributed by atoms with Gasteiger partial charge in [-0.05, 0) is 48.9 Å². The lowest BCUT2D eigenvalue weighted by Gasteiger charge is -2.00. The summed E-state index contributed by atoms with van der Waals surface area (Å²) in [6, 6.07) is 13.7. The highest BCUT2D eigenvalue weighted by atomic mass is 79.9. The van der Waals surface area contributed by atoms with Gasteiger partial charge in [-0.15, -0.1) is 0 Å². The predicted molar refractivity (Wildman–Crippen MR) is 78.7 cm³/mol. The standard InChI is InChI=1S/C15H10BrN3/c1-9-4-11(7-12(16)5-9)15-18-13-3-2-10(8-17)6-14(13)19-15/h2-7H,1H3,(H,18,19). The first-order chi connectivity index (χ1) is 9.15. The van der Waals surface area contributed by atoms with Crippen molar-refractivity contribution in [3.63, 3.8) is 0 Å². The summed E-state index contributed by atoms with van der Waals surface area (Å²) in [5, 5.41) is 8.90. The second kappa shape index (κ2) is 4.52. The molecule has 1 heterocycles. The largest absolute Gasteiger partial charge is 0.338 e. The Labute approximate surface area is 119 Å². The van der Waals surface area contributed by atoms with Crippen molar-refractivity contribution in [2.45, 2.75) is 6.92 Å². The zero-order valence-corrected chi connectivity index (χ0v) is 11.8. The van der Waals surface area contributed by atoms with Gasteiger partial charge in [-0.3, -0.25) is 0 Å². The summed E-state index contributed by atoms with van der Waals surface area (Å²) in [5.74, 6) is 0.814. The van der Waals surface area contributed by atoms with Crippen LogP contribution in [0.2, 0.25) is 0 Å². The Morgan fingerprint density at radius 3 is 2.79 bits per heavy atom. The van der Waals surface area contributed by atoms with Crippen LogP contribution in [-0.2, 0) is 0 Å². The van der Waals surface area contributed by atoms with Crippen LogP contribution >= 0.6 is 15.9 Å². The van der Waals surface area contributed by atoms with Crippen molar-refractivity contribution in [2.75, 3.05) is 0 Å². The lowest BCUT2D eigenvalue weighted by molar-refractivity contribution is 1.32. The molecule has 3 nitrogen and oxygen atoms in total. The molecule has 3 aromatic rings. The third-order valence-electron chi connectivity index (χ3n) is 2.93. The fraction of sp³-hybridized carbons (Fsp3) is 0.0667. The van der Waals surface area contributed by atoms with E-state index < -0.39 is 0 Å². The van der Waals surface area contributed by atoms with Crippen LogP contribution in [0.3, 0.4) is 0 Å². The van der Waals surface area contributed by atoms with Crippen LogP contribution in [-0.4, -0.2) is 9.97 Å². The number of nitrogens with one attached hydrogen (secondary N) is 1. The number of aromatic amines is 1. The van der Waals surface area contributed by atoms with E-state index >= 15 is 0 Å². The molecule has 3 rings (SSSR count). The van der Waals surface area contributed by atoms with E-state index in [2.05, 4.69) is 44.1 Å². The lowest BCUT2D eigenvalue weighted by Crippen LogP contribution is -1.82. The maximum absolute atomic E-state index is 8.90. The Kier molecular flexibility index (Phi) is 2.84. The van der Waals surface area contributed by atoms with Gasteiger partial charge in [0.15, 0.2) is 0 Å². The van der Waals surface area contributed by atoms with Gasteiger partial charge in [-0.2, -0.15) is 5.26 Å². The van der Waals surface area contributed by atoms with Crippen LogP contribution in [0, 0.1) is 18.3 Å². The third-order valence-corrected chi connectivity index (χ3v) is 3.38. The summed E-state index contributed by atoms with van der Waals surface area (Å²) in [7, 11) is 0. The van der Waals surface area contributed by atoms with E-state index in [1.807, 2.05) is 25.1 Å². The van der Waals surface area contributed by atoms with Crippen LogP contribution in [0.15, 0.2) is 40.9 Å². The van der Waals surface area contributed by atoms with Crippen molar-refractivity contribution in [1.29, 1.82) is 5.26 Å². The molecule has 0 bridgehead atoms. The van der Waals surface area contributed by atoms with Crippen molar-refractivity contribution in [1.82, 2.24) is 9.97 Å². The van der Waals surface area contributed by atoms with Crippen molar-refractivity contribution < 1.29 is 0 Å². The van der Waals surface area contributed by atoms with Gasteiger partial charge in [-0.1, -0.05) is 15.9 Å². The second-order valence-electron chi connectivity index (χ2n) is 4.45. The molecule has 0 amide bonds. The fourth-order valence-corrected chi connectivity index (χ4v) is 2.70. The molecule has 0 saturated carbocycles. The number of nitriles is 1. The van der Waals surface area contributed by atoms with Gasteiger partial charge in [0.1, 0.15) is 5.82 Å². The van der Waals surface area contributed by atoms with Crippen LogP contribution in [0.25, 0.3) is 22.4 Å². The Morgan fingerprint density at radius 1 is 1.21 bits per heavy atom. The highest BCUT2D eigenvalue weighted by molar-refractivity contribution is 9.10. The average Bonchev–Trinajstić information content (AvgIpc) is 2.80. The quantitative estimate of drug-likeness (QED) is 0.733. The van der Waals surface area contributed by atoms with Crippen LogP contribution < -0.4 is 0 Å². The fourth-order valence-electron chi connectivity index (χ4n) is 2.09. The molecule has 0 radical (unpaired) electrons. The lowest BCUT2D eigenvalue weighted by atomic mass is 10.1. The molecular formula is C15H10BrN3. The number of aryl methyl sites for hydroxylation is 1. The zero-order chi connectivity index (χ0) is 13.4. The van der Waals surface area contributed by atoms with E-state index in [0.29, 0.717) is 5.56 Å². The zero-order valence-electron chi connectivity index (χ0n) is 10.2. The highest BCUT2D eigenvalue weighted by Crippen LogP contribution is 2.25. The summed E-state index contributed by atoms with van der Waals surface area (Å²) in [4.78, 5) is 7.81. The number of imidazole rings is 1. The molecular weight excluding hydrogens is 302 g/mol. The number of aromatic nitrogens is 2. The van der Waals surface area contributed by atoms with E-state index in [4.69, 9.17) is 5.26 Å². The van der Waals surface area contributed by atoms with Crippen molar-refractivity contribution >= 4 is 27.0 Å². The minimum absolute atomic E-state index is 0.633. The average molecular weight is 312 g/mol.